The van der Waals surface area contributed by atoms with E-state index in [2.05, 4.69) is 4.90 Å². The van der Waals surface area contributed by atoms with Crippen LogP contribution in [0.15, 0.2) is 24.3 Å². The average molecular weight is 288 g/mol. The van der Waals surface area contributed by atoms with Gasteiger partial charge in [-0.15, -0.1) is 0 Å². The number of nitriles is 1. The lowest BCUT2D eigenvalue weighted by atomic mass is 9.95. The normalized spacial score (nSPS) is 16.0. The lowest BCUT2D eigenvalue weighted by molar-refractivity contribution is -0.139. The van der Waals surface area contributed by atoms with Crippen molar-refractivity contribution in [3.05, 3.63) is 29.8 Å². The van der Waals surface area contributed by atoms with E-state index in [1.165, 1.54) is 0 Å². The van der Waals surface area contributed by atoms with Crippen LogP contribution in [0, 0.1) is 17.2 Å². The van der Waals surface area contributed by atoms with Gasteiger partial charge in [0.1, 0.15) is 5.92 Å². The van der Waals surface area contributed by atoms with Crippen molar-refractivity contribution in [2.24, 2.45) is 5.92 Å². The van der Waals surface area contributed by atoms with Gasteiger partial charge in [-0.3, -0.25) is 9.59 Å². The van der Waals surface area contributed by atoms with E-state index in [1.807, 2.05) is 0 Å². The van der Waals surface area contributed by atoms with Gasteiger partial charge in [-0.2, -0.15) is 5.26 Å². The summed E-state index contributed by atoms with van der Waals surface area (Å²) in [5.74, 6) is -3.10. The van der Waals surface area contributed by atoms with Gasteiger partial charge in [0.25, 0.3) is 0 Å². The molecule has 1 saturated heterocycles. The van der Waals surface area contributed by atoms with Crippen molar-refractivity contribution >= 4 is 17.4 Å². The van der Waals surface area contributed by atoms with Crippen LogP contribution in [-0.4, -0.2) is 43.2 Å². The summed E-state index contributed by atoms with van der Waals surface area (Å²) in [5, 5.41) is 17.6. The highest BCUT2D eigenvalue weighted by molar-refractivity contribution is 6.08. The summed E-state index contributed by atoms with van der Waals surface area (Å²) < 4.78 is 5.28. The molecule has 21 heavy (non-hydrogen) atoms. The largest absolute Gasteiger partial charge is 0.481 e. The fourth-order valence-corrected chi connectivity index (χ4v) is 2.24. The number of carboxylic acids is 1. The number of anilines is 1. The third-order valence-corrected chi connectivity index (χ3v) is 3.44. The molecular formula is C15H16N2O4. The maximum absolute atomic E-state index is 12.1. The fourth-order valence-electron chi connectivity index (χ4n) is 2.24. The van der Waals surface area contributed by atoms with Gasteiger partial charge in [0.05, 0.1) is 25.7 Å². The van der Waals surface area contributed by atoms with E-state index in [4.69, 9.17) is 15.1 Å². The summed E-state index contributed by atoms with van der Waals surface area (Å²) in [7, 11) is 0. The number of carbonyl (C=O) groups excluding carboxylic acids is 1. The Morgan fingerprint density at radius 1 is 1.29 bits per heavy atom. The monoisotopic (exact) mass is 288 g/mol. The molecule has 110 valence electrons. The van der Waals surface area contributed by atoms with Gasteiger partial charge in [-0.1, -0.05) is 0 Å². The number of benzene rings is 1. The molecule has 1 aromatic carbocycles. The number of hydrogen-bond acceptors (Lipinski definition) is 5. The molecule has 0 saturated carbocycles. The van der Waals surface area contributed by atoms with Gasteiger partial charge in [0, 0.05) is 24.3 Å². The van der Waals surface area contributed by atoms with Crippen LogP contribution >= 0.6 is 0 Å². The van der Waals surface area contributed by atoms with E-state index < -0.39 is 17.7 Å². The van der Waals surface area contributed by atoms with Crippen LogP contribution in [-0.2, 0) is 9.53 Å². The number of carbonyl (C=O) groups is 2. The Hall–Kier alpha value is -2.39. The van der Waals surface area contributed by atoms with Crippen LogP contribution in [0.4, 0.5) is 5.69 Å². The van der Waals surface area contributed by atoms with Crippen molar-refractivity contribution in [1.82, 2.24) is 0 Å². The Balaban J connectivity index is 2.12. The van der Waals surface area contributed by atoms with Crippen LogP contribution in [0.25, 0.3) is 0 Å². The predicted molar refractivity (Wildman–Crippen MR) is 75.2 cm³/mol. The van der Waals surface area contributed by atoms with E-state index in [0.717, 1.165) is 18.8 Å². The Bertz CT molecular complexity index is 556. The molecule has 1 aromatic rings. The summed E-state index contributed by atoms with van der Waals surface area (Å²) in [6.45, 7) is 2.92. The molecule has 0 spiro atoms. The highest BCUT2D eigenvalue weighted by atomic mass is 16.5. The number of carboxylic acid groups (broad SMARTS) is 1. The standard InChI is InChI=1S/C15H16N2O4/c16-6-5-13(15(19)20)14(18)11-1-3-12(4-2-11)17-7-9-21-10-8-17/h1-4,13H,5,7-10H2,(H,19,20). The van der Waals surface area contributed by atoms with Gasteiger partial charge < -0.3 is 14.7 Å². The topological polar surface area (TPSA) is 90.6 Å². The smallest absolute Gasteiger partial charge is 0.315 e. The molecule has 1 fully saturated rings. The number of ether oxygens (including phenoxy) is 1. The molecule has 1 aliphatic rings. The summed E-state index contributed by atoms with van der Waals surface area (Å²) in [6, 6.07) is 8.55. The first kappa shape index (κ1) is 15.0. The minimum Gasteiger partial charge on any atom is -0.481 e. The second-order valence-corrected chi connectivity index (χ2v) is 4.76. The van der Waals surface area contributed by atoms with E-state index in [9.17, 15) is 9.59 Å². The summed E-state index contributed by atoms with van der Waals surface area (Å²) in [4.78, 5) is 25.3. The van der Waals surface area contributed by atoms with Crippen LogP contribution in [0.2, 0.25) is 0 Å². The Morgan fingerprint density at radius 3 is 2.43 bits per heavy atom. The first-order valence-electron chi connectivity index (χ1n) is 6.70. The molecule has 1 atom stereocenters. The van der Waals surface area contributed by atoms with E-state index in [-0.39, 0.29) is 6.42 Å². The van der Waals surface area contributed by atoms with Crippen molar-refractivity contribution in [2.75, 3.05) is 31.2 Å². The van der Waals surface area contributed by atoms with Crippen molar-refractivity contribution in [3.63, 3.8) is 0 Å². The van der Waals surface area contributed by atoms with Gasteiger partial charge >= 0.3 is 5.97 Å². The van der Waals surface area contributed by atoms with Crippen molar-refractivity contribution in [1.29, 1.82) is 5.26 Å². The molecule has 0 aromatic heterocycles. The lowest BCUT2D eigenvalue weighted by Gasteiger charge is -2.28. The summed E-state index contributed by atoms with van der Waals surface area (Å²) >= 11 is 0. The van der Waals surface area contributed by atoms with Crippen molar-refractivity contribution in [3.8, 4) is 6.07 Å². The first-order valence-corrected chi connectivity index (χ1v) is 6.70. The number of morpholine rings is 1. The summed E-state index contributed by atoms with van der Waals surface area (Å²) in [6.07, 6.45) is -0.320. The SMILES string of the molecule is N#CCC(C(=O)O)C(=O)c1ccc(N2CCOCC2)cc1. The fraction of sp³-hybridized carbons (Fsp3) is 0.400. The Labute approximate surface area is 122 Å². The van der Waals surface area contributed by atoms with E-state index in [0.29, 0.717) is 18.8 Å². The number of ketones is 1. The zero-order valence-corrected chi connectivity index (χ0v) is 11.5. The molecule has 6 heteroatoms. The van der Waals surface area contributed by atoms with Crippen molar-refractivity contribution in [2.45, 2.75) is 6.42 Å². The zero-order valence-electron chi connectivity index (χ0n) is 11.5. The molecule has 0 amide bonds. The molecule has 1 aliphatic heterocycles. The molecule has 0 aliphatic carbocycles. The lowest BCUT2D eigenvalue weighted by Crippen LogP contribution is -2.36. The van der Waals surface area contributed by atoms with Gasteiger partial charge in [-0.25, -0.2) is 0 Å². The van der Waals surface area contributed by atoms with Crippen LogP contribution in [0.1, 0.15) is 16.8 Å². The van der Waals surface area contributed by atoms with Gasteiger partial charge in [-0.05, 0) is 24.3 Å². The highest BCUT2D eigenvalue weighted by Crippen LogP contribution is 2.19. The minimum absolute atomic E-state index is 0.314. The molecule has 2 rings (SSSR count). The Kier molecular flexibility index (Phi) is 4.90. The maximum atomic E-state index is 12.1. The number of hydrogen-bond donors (Lipinski definition) is 1. The van der Waals surface area contributed by atoms with E-state index in [1.54, 1.807) is 30.3 Å². The molecule has 0 radical (unpaired) electrons. The number of rotatable bonds is 5. The molecule has 1 unspecified atom stereocenters. The highest BCUT2D eigenvalue weighted by Gasteiger charge is 2.27. The molecule has 1 N–H and O–H groups in total. The summed E-state index contributed by atoms with van der Waals surface area (Å²) in [5.41, 5.74) is 1.29. The third kappa shape index (κ3) is 3.58. The van der Waals surface area contributed by atoms with E-state index >= 15 is 0 Å². The average Bonchev–Trinajstić information content (AvgIpc) is 2.53. The van der Waals surface area contributed by atoms with Gasteiger partial charge in [0.15, 0.2) is 5.78 Å². The number of aliphatic carboxylic acids is 1. The second-order valence-electron chi connectivity index (χ2n) is 4.76. The van der Waals surface area contributed by atoms with Gasteiger partial charge in [0.2, 0.25) is 0 Å². The van der Waals surface area contributed by atoms with Crippen molar-refractivity contribution < 1.29 is 19.4 Å². The molecular weight excluding hydrogens is 272 g/mol. The first-order chi connectivity index (χ1) is 10.1. The second kappa shape index (κ2) is 6.86. The minimum atomic E-state index is -1.30. The molecule has 6 nitrogen and oxygen atoms in total. The van der Waals surface area contributed by atoms with Crippen LogP contribution in [0.3, 0.4) is 0 Å². The van der Waals surface area contributed by atoms with Crippen LogP contribution in [0.5, 0.6) is 0 Å². The molecule has 1 heterocycles. The molecule has 0 bridgehead atoms. The maximum Gasteiger partial charge on any atom is 0.315 e. The number of Topliss-reactive ketones (excluding diaryl/α,β-unsaturated/α-hetero) is 1. The zero-order chi connectivity index (χ0) is 15.2. The third-order valence-electron chi connectivity index (χ3n) is 3.44. The quantitative estimate of drug-likeness (QED) is 0.649. The predicted octanol–water partition coefficient (Wildman–Crippen LogP) is 1.32. The number of nitrogens with zero attached hydrogens (tertiary/aromatic N) is 2. The Morgan fingerprint density at radius 2 is 1.90 bits per heavy atom. The van der Waals surface area contributed by atoms with Crippen LogP contribution < -0.4 is 4.90 Å².